The first-order valence-corrected chi connectivity index (χ1v) is 6.60. The van der Waals surface area contributed by atoms with Gasteiger partial charge in [-0.2, -0.15) is 0 Å². The summed E-state index contributed by atoms with van der Waals surface area (Å²) in [7, 11) is 0. The molecule has 2 aromatic carbocycles. The van der Waals surface area contributed by atoms with Crippen LogP contribution in [0.2, 0.25) is 0 Å². The number of benzene rings is 2. The number of halogens is 1. The quantitative estimate of drug-likeness (QED) is 0.808. The maximum atomic E-state index is 13.5. The summed E-state index contributed by atoms with van der Waals surface area (Å²) >= 11 is 0. The third kappa shape index (κ3) is 3.25. The fraction of sp³-hybridized carbons (Fsp3) is 0.250. The first-order valence-electron chi connectivity index (χ1n) is 6.60. The van der Waals surface area contributed by atoms with Crippen LogP contribution in [0.4, 0.5) is 21.5 Å². The van der Waals surface area contributed by atoms with E-state index in [0.717, 1.165) is 30.8 Å². The van der Waals surface area contributed by atoms with E-state index in [1.807, 2.05) is 30.3 Å². The van der Waals surface area contributed by atoms with E-state index in [0.29, 0.717) is 5.69 Å². The van der Waals surface area contributed by atoms with Gasteiger partial charge in [0, 0.05) is 12.2 Å². The zero-order valence-electron chi connectivity index (χ0n) is 11.1. The van der Waals surface area contributed by atoms with Gasteiger partial charge in [-0.1, -0.05) is 31.5 Å². The molecule has 3 heteroatoms. The van der Waals surface area contributed by atoms with Crippen LogP contribution in [0.25, 0.3) is 0 Å². The summed E-state index contributed by atoms with van der Waals surface area (Å²) in [6.07, 6.45) is 2.11. The topological polar surface area (TPSA) is 29.3 Å². The Morgan fingerprint density at radius 1 is 1.11 bits per heavy atom. The van der Waals surface area contributed by atoms with Gasteiger partial charge in [0.2, 0.25) is 0 Å². The highest BCUT2D eigenvalue weighted by Gasteiger charge is 2.12. The Hall–Kier alpha value is -2.03. The van der Waals surface area contributed by atoms with Gasteiger partial charge in [0.1, 0.15) is 5.82 Å². The fourth-order valence-corrected chi connectivity index (χ4v) is 2.06. The molecule has 0 spiro atoms. The van der Waals surface area contributed by atoms with Crippen LogP contribution in [0.5, 0.6) is 0 Å². The molecule has 2 aromatic rings. The second-order valence-corrected chi connectivity index (χ2v) is 4.54. The van der Waals surface area contributed by atoms with Crippen LogP contribution >= 0.6 is 0 Å². The van der Waals surface area contributed by atoms with Gasteiger partial charge in [-0.25, -0.2) is 4.39 Å². The maximum absolute atomic E-state index is 13.5. The second-order valence-electron chi connectivity index (χ2n) is 4.54. The highest BCUT2D eigenvalue weighted by molar-refractivity contribution is 5.74. The molecule has 0 unspecified atom stereocenters. The van der Waals surface area contributed by atoms with Crippen LogP contribution in [0.1, 0.15) is 19.8 Å². The van der Waals surface area contributed by atoms with E-state index in [1.54, 1.807) is 6.07 Å². The van der Waals surface area contributed by atoms with Gasteiger partial charge >= 0.3 is 0 Å². The van der Waals surface area contributed by atoms with E-state index in [1.165, 1.54) is 12.1 Å². The van der Waals surface area contributed by atoms with E-state index in [-0.39, 0.29) is 5.82 Å². The number of hydrogen-bond donors (Lipinski definition) is 1. The zero-order chi connectivity index (χ0) is 13.7. The molecule has 2 N–H and O–H groups in total. The molecule has 0 aliphatic carbocycles. The smallest absolute Gasteiger partial charge is 0.125 e. The van der Waals surface area contributed by atoms with Crippen molar-refractivity contribution in [3.05, 3.63) is 54.3 Å². The molecule has 0 radical (unpaired) electrons. The highest BCUT2D eigenvalue weighted by Crippen LogP contribution is 2.31. The van der Waals surface area contributed by atoms with Crippen molar-refractivity contribution >= 4 is 17.1 Å². The highest BCUT2D eigenvalue weighted by atomic mass is 19.1. The van der Waals surface area contributed by atoms with Crippen molar-refractivity contribution in [2.24, 2.45) is 0 Å². The average molecular weight is 258 g/mol. The number of rotatable bonds is 5. The van der Waals surface area contributed by atoms with Crippen LogP contribution < -0.4 is 10.6 Å². The molecule has 0 saturated carbocycles. The third-order valence-electron chi connectivity index (χ3n) is 3.09. The van der Waals surface area contributed by atoms with Crippen molar-refractivity contribution in [3.8, 4) is 0 Å². The molecule has 0 heterocycles. The molecular weight excluding hydrogens is 239 g/mol. The second kappa shape index (κ2) is 6.23. The predicted molar refractivity (Wildman–Crippen MR) is 79.2 cm³/mol. The normalized spacial score (nSPS) is 10.4. The number of nitrogen functional groups attached to an aromatic ring is 1. The number of anilines is 3. The van der Waals surface area contributed by atoms with Crippen LogP contribution in [0, 0.1) is 5.82 Å². The minimum atomic E-state index is -0.262. The molecule has 19 heavy (non-hydrogen) atoms. The molecule has 2 nitrogen and oxygen atoms in total. The van der Waals surface area contributed by atoms with Crippen molar-refractivity contribution < 1.29 is 4.39 Å². The van der Waals surface area contributed by atoms with Gasteiger partial charge in [-0.3, -0.25) is 0 Å². The first kappa shape index (κ1) is 13.4. The van der Waals surface area contributed by atoms with Crippen LogP contribution in [0.3, 0.4) is 0 Å². The van der Waals surface area contributed by atoms with Crippen molar-refractivity contribution in [1.29, 1.82) is 0 Å². The van der Waals surface area contributed by atoms with Crippen LogP contribution in [0.15, 0.2) is 48.5 Å². The monoisotopic (exact) mass is 258 g/mol. The van der Waals surface area contributed by atoms with Crippen molar-refractivity contribution in [2.75, 3.05) is 17.2 Å². The number of unbranched alkanes of at least 4 members (excludes halogenated alkanes) is 1. The first-order chi connectivity index (χ1) is 9.22. The lowest BCUT2D eigenvalue weighted by Crippen LogP contribution is -2.19. The van der Waals surface area contributed by atoms with Crippen molar-refractivity contribution in [3.63, 3.8) is 0 Å². The largest absolute Gasteiger partial charge is 0.397 e. The van der Waals surface area contributed by atoms with Gasteiger partial charge in [0.15, 0.2) is 0 Å². The van der Waals surface area contributed by atoms with E-state index in [9.17, 15) is 4.39 Å². The summed E-state index contributed by atoms with van der Waals surface area (Å²) in [5.74, 6) is -0.262. The summed E-state index contributed by atoms with van der Waals surface area (Å²) < 4.78 is 13.5. The van der Waals surface area contributed by atoms with Crippen molar-refractivity contribution in [1.82, 2.24) is 0 Å². The predicted octanol–water partition coefficient (Wildman–Crippen LogP) is 4.35. The molecule has 0 aliphatic heterocycles. The average Bonchev–Trinajstić information content (AvgIpc) is 2.44. The van der Waals surface area contributed by atoms with E-state index < -0.39 is 0 Å². The van der Waals surface area contributed by atoms with Gasteiger partial charge in [0.05, 0.1) is 11.4 Å². The van der Waals surface area contributed by atoms with Gasteiger partial charge < -0.3 is 10.6 Å². The van der Waals surface area contributed by atoms with Crippen molar-refractivity contribution in [2.45, 2.75) is 19.8 Å². The molecule has 0 aliphatic rings. The van der Waals surface area contributed by atoms with Crippen LogP contribution in [-0.4, -0.2) is 6.54 Å². The Kier molecular flexibility index (Phi) is 4.39. The molecule has 0 atom stereocenters. The Labute approximate surface area is 113 Å². The Morgan fingerprint density at radius 2 is 1.84 bits per heavy atom. The Bertz CT molecular complexity index is 526. The molecule has 0 saturated heterocycles. The number of hydrogen-bond acceptors (Lipinski definition) is 2. The zero-order valence-corrected chi connectivity index (χ0v) is 11.1. The summed E-state index contributed by atoms with van der Waals surface area (Å²) in [5, 5.41) is 0. The minimum Gasteiger partial charge on any atom is -0.397 e. The van der Waals surface area contributed by atoms with E-state index in [4.69, 9.17) is 5.73 Å². The van der Waals surface area contributed by atoms with E-state index in [2.05, 4.69) is 11.8 Å². The number of para-hydroxylation sites is 1. The third-order valence-corrected chi connectivity index (χ3v) is 3.09. The van der Waals surface area contributed by atoms with Crippen LogP contribution in [-0.2, 0) is 0 Å². The molecule has 2 rings (SSSR count). The Balaban J connectivity index is 2.40. The Morgan fingerprint density at radius 3 is 2.53 bits per heavy atom. The number of nitrogens with two attached hydrogens (primary N) is 1. The minimum absolute atomic E-state index is 0.262. The van der Waals surface area contributed by atoms with Gasteiger partial charge in [-0.05, 0) is 36.8 Å². The summed E-state index contributed by atoms with van der Waals surface area (Å²) in [6.45, 7) is 2.96. The SMILES string of the molecule is CCCCN(c1ccccc1)c1cc(F)ccc1N. The lowest BCUT2D eigenvalue weighted by atomic mass is 10.2. The lowest BCUT2D eigenvalue weighted by molar-refractivity contribution is 0.627. The van der Waals surface area contributed by atoms with Gasteiger partial charge in [-0.15, -0.1) is 0 Å². The molecule has 0 aromatic heterocycles. The fourth-order valence-electron chi connectivity index (χ4n) is 2.06. The van der Waals surface area contributed by atoms with Gasteiger partial charge in [0.25, 0.3) is 0 Å². The molecule has 0 amide bonds. The maximum Gasteiger partial charge on any atom is 0.125 e. The molecule has 100 valence electrons. The molecule has 0 bridgehead atoms. The summed E-state index contributed by atoms with van der Waals surface area (Å²) in [4.78, 5) is 2.07. The molecular formula is C16H19FN2. The van der Waals surface area contributed by atoms with E-state index >= 15 is 0 Å². The molecule has 0 fully saturated rings. The summed E-state index contributed by atoms with van der Waals surface area (Å²) in [5.41, 5.74) is 8.36. The summed E-state index contributed by atoms with van der Waals surface area (Å²) in [6, 6.07) is 14.5. The lowest BCUT2D eigenvalue weighted by Gasteiger charge is -2.26. The standard InChI is InChI=1S/C16H19FN2/c1-2-3-11-19(14-7-5-4-6-8-14)16-12-13(17)9-10-15(16)18/h4-10,12H,2-3,11,18H2,1H3. The number of nitrogens with zero attached hydrogens (tertiary/aromatic N) is 1.